The van der Waals surface area contributed by atoms with E-state index in [1.807, 2.05) is 6.20 Å². The van der Waals surface area contributed by atoms with E-state index < -0.39 is 5.41 Å². The maximum Gasteiger partial charge on any atom is 0.0969 e. The standard InChI is InChI=1S/C54H35N3/c1-3-14-38(15-4-1)54(39-16-5-2-6-17-39)45-21-10-7-20-44(45)51-46(54)33-34-49-52(51)53-50(24-13-35-55-53)57(49)41-31-27-37(28-32-41)36-25-29-40(30-26-36)56-47-22-11-8-18-42(47)43-19-9-12-23-48(43)56/h1-35H. The Labute approximate surface area is 330 Å². The van der Waals surface area contributed by atoms with Crippen molar-refractivity contribution in [3.05, 3.63) is 235 Å². The van der Waals surface area contributed by atoms with Crippen molar-refractivity contribution in [2.24, 2.45) is 0 Å². The molecule has 0 N–H and O–H groups in total. The Kier molecular flexibility index (Phi) is 6.84. The van der Waals surface area contributed by atoms with Crippen molar-refractivity contribution >= 4 is 43.7 Å². The van der Waals surface area contributed by atoms with Crippen molar-refractivity contribution < 1.29 is 0 Å². The van der Waals surface area contributed by atoms with Gasteiger partial charge in [-0.05, 0) is 99.1 Å². The van der Waals surface area contributed by atoms with E-state index in [0.717, 1.165) is 27.9 Å². The Balaban J connectivity index is 1.01. The zero-order valence-electron chi connectivity index (χ0n) is 31.0. The number of aromatic nitrogens is 3. The maximum absolute atomic E-state index is 5.11. The summed E-state index contributed by atoms with van der Waals surface area (Å²) in [6.07, 6.45) is 1.93. The first-order valence-corrected chi connectivity index (χ1v) is 19.6. The number of benzene rings is 8. The highest BCUT2D eigenvalue weighted by Gasteiger charge is 2.47. The van der Waals surface area contributed by atoms with Crippen molar-refractivity contribution in [1.82, 2.24) is 14.1 Å². The SMILES string of the molecule is c1ccc(C2(c3ccccc3)c3ccccc3-c3c2ccc2c3c3ncccc3n2-c2ccc(-c3ccc(-n4c5ccccc5c5ccccc54)cc3)cc2)cc1. The van der Waals surface area contributed by atoms with Gasteiger partial charge in [-0.3, -0.25) is 4.98 Å². The van der Waals surface area contributed by atoms with Crippen LogP contribution in [0.1, 0.15) is 22.3 Å². The summed E-state index contributed by atoms with van der Waals surface area (Å²) in [5.41, 5.74) is 17.5. The van der Waals surface area contributed by atoms with E-state index in [1.54, 1.807) is 0 Å². The van der Waals surface area contributed by atoms with Gasteiger partial charge in [0.05, 0.1) is 33.0 Å². The van der Waals surface area contributed by atoms with Gasteiger partial charge in [-0.1, -0.05) is 152 Å². The number of hydrogen-bond acceptors (Lipinski definition) is 1. The minimum Gasteiger partial charge on any atom is -0.309 e. The third-order valence-corrected chi connectivity index (χ3v) is 12.3. The molecule has 3 heteroatoms. The third kappa shape index (κ3) is 4.45. The average molecular weight is 726 g/mol. The lowest BCUT2D eigenvalue weighted by molar-refractivity contribution is 0.769. The molecule has 0 fully saturated rings. The molecule has 0 unspecified atom stereocenters. The Morgan fingerprint density at radius 3 is 1.49 bits per heavy atom. The Morgan fingerprint density at radius 1 is 0.368 bits per heavy atom. The Bertz CT molecular complexity index is 3220. The van der Waals surface area contributed by atoms with Crippen molar-refractivity contribution in [3.63, 3.8) is 0 Å². The first-order valence-electron chi connectivity index (χ1n) is 19.6. The monoisotopic (exact) mass is 725 g/mol. The van der Waals surface area contributed by atoms with E-state index in [9.17, 15) is 0 Å². The van der Waals surface area contributed by atoms with Crippen LogP contribution in [0.3, 0.4) is 0 Å². The molecule has 8 aromatic carbocycles. The van der Waals surface area contributed by atoms with Crippen LogP contribution in [0.4, 0.5) is 0 Å². The van der Waals surface area contributed by atoms with E-state index in [-0.39, 0.29) is 0 Å². The second-order valence-electron chi connectivity index (χ2n) is 15.1. The van der Waals surface area contributed by atoms with Gasteiger partial charge >= 0.3 is 0 Å². The predicted molar refractivity (Wildman–Crippen MR) is 236 cm³/mol. The van der Waals surface area contributed by atoms with E-state index in [2.05, 4.69) is 215 Å². The summed E-state index contributed by atoms with van der Waals surface area (Å²) in [5.74, 6) is 0. The lowest BCUT2D eigenvalue weighted by Gasteiger charge is -2.33. The van der Waals surface area contributed by atoms with Crippen molar-refractivity contribution in [3.8, 4) is 33.6 Å². The number of rotatable bonds is 5. The van der Waals surface area contributed by atoms with Crippen LogP contribution in [-0.4, -0.2) is 14.1 Å². The summed E-state index contributed by atoms with van der Waals surface area (Å²) in [7, 11) is 0. The molecule has 1 aliphatic carbocycles. The molecular weight excluding hydrogens is 691 g/mol. The minimum absolute atomic E-state index is 0.468. The molecule has 0 radical (unpaired) electrons. The molecule has 1 aliphatic rings. The Hall–Kier alpha value is -7.49. The number of para-hydroxylation sites is 2. The molecule has 0 aliphatic heterocycles. The number of hydrogen-bond donors (Lipinski definition) is 0. The summed E-state index contributed by atoms with van der Waals surface area (Å²) in [4.78, 5) is 5.11. The molecule has 0 bridgehead atoms. The molecule has 12 rings (SSSR count). The van der Waals surface area contributed by atoms with Crippen LogP contribution in [0.5, 0.6) is 0 Å². The molecule has 266 valence electrons. The van der Waals surface area contributed by atoms with Gasteiger partial charge in [0.15, 0.2) is 0 Å². The minimum atomic E-state index is -0.468. The summed E-state index contributed by atoms with van der Waals surface area (Å²) in [6, 6.07) is 75.2. The lowest BCUT2D eigenvalue weighted by Crippen LogP contribution is -2.28. The summed E-state index contributed by atoms with van der Waals surface area (Å²) >= 11 is 0. The molecule has 3 nitrogen and oxygen atoms in total. The number of fused-ring (bicyclic) bond motifs is 10. The quantitative estimate of drug-likeness (QED) is 0.173. The fraction of sp³-hybridized carbons (Fsp3) is 0.0185. The largest absolute Gasteiger partial charge is 0.309 e. The lowest BCUT2D eigenvalue weighted by atomic mass is 9.67. The van der Waals surface area contributed by atoms with E-state index in [4.69, 9.17) is 4.98 Å². The molecule has 3 aromatic heterocycles. The first kappa shape index (κ1) is 31.8. The molecule has 0 spiro atoms. The van der Waals surface area contributed by atoms with Gasteiger partial charge in [-0.25, -0.2) is 0 Å². The van der Waals surface area contributed by atoms with Crippen LogP contribution in [0.2, 0.25) is 0 Å². The maximum atomic E-state index is 5.11. The summed E-state index contributed by atoms with van der Waals surface area (Å²) in [6.45, 7) is 0. The van der Waals surface area contributed by atoms with Gasteiger partial charge in [-0.15, -0.1) is 0 Å². The second-order valence-corrected chi connectivity index (χ2v) is 15.1. The zero-order valence-corrected chi connectivity index (χ0v) is 31.0. The van der Waals surface area contributed by atoms with Gasteiger partial charge in [0, 0.05) is 33.7 Å². The molecule has 0 saturated carbocycles. The van der Waals surface area contributed by atoms with Crippen LogP contribution >= 0.6 is 0 Å². The van der Waals surface area contributed by atoms with Gasteiger partial charge < -0.3 is 9.13 Å². The number of nitrogens with zero attached hydrogens (tertiary/aromatic N) is 3. The third-order valence-electron chi connectivity index (χ3n) is 12.3. The zero-order chi connectivity index (χ0) is 37.5. The molecule has 57 heavy (non-hydrogen) atoms. The van der Waals surface area contributed by atoms with Crippen LogP contribution in [0.25, 0.3) is 77.4 Å². The summed E-state index contributed by atoms with van der Waals surface area (Å²) < 4.78 is 4.76. The molecule has 0 atom stereocenters. The second kappa shape index (κ2) is 12.3. The van der Waals surface area contributed by atoms with E-state index in [0.29, 0.717) is 0 Å². The van der Waals surface area contributed by atoms with Crippen LogP contribution in [0, 0.1) is 0 Å². The molecule has 0 saturated heterocycles. The average Bonchev–Trinajstić information content (AvgIpc) is 3.92. The van der Waals surface area contributed by atoms with Gasteiger partial charge in [-0.2, -0.15) is 0 Å². The van der Waals surface area contributed by atoms with Gasteiger partial charge in [0.1, 0.15) is 0 Å². The van der Waals surface area contributed by atoms with Crippen LogP contribution in [0.15, 0.2) is 212 Å². The fourth-order valence-corrected chi connectivity index (χ4v) is 9.93. The fourth-order valence-electron chi connectivity index (χ4n) is 9.93. The first-order chi connectivity index (χ1) is 28.3. The topological polar surface area (TPSA) is 22.8 Å². The van der Waals surface area contributed by atoms with Crippen molar-refractivity contribution in [1.29, 1.82) is 0 Å². The van der Waals surface area contributed by atoms with E-state index >= 15 is 0 Å². The van der Waals surface area contributed by atoms with Crippen LogP contribution in [-0.2, 0) is 5.41 Å². The molecule has 11 aromatic rings. The number of pyridine rings is 1. The Morgan fingerprint density at radius 2 is 0.877 bits per heavy atom. The highest BCUT2D eigenvalue weighted by molar-refractivity contribution is 6.17. The van der Waals surface area contributed by atoms with Gasteiger partial charge in [0.2, 0.25) is 0 Å². The van der Waals surface area contributed by atoms with Crippen molar-refractivity contribution in [2.75, 3.05) is 0 Å². The smallest absolute Gasteiger partial charge is 0.0969 e. The molecular formula is C54H35N3. The van der Waals surface area contributed by atoms with E-state index in [1.165, 1.54) is 71.7 Å². The summed E-state index contributed by atoms with van der Waals surface area (Å²) in [5, 5.41) is 3.73. The van der Waals surface area contributed by atoms with Gasteiger partial charge in [0.25, 0.3) is 0 Å². The van der Waals surface area contributed by atoms with Crippen molar-refractivity contribution in [2.45, 2.75) is 5.41 Å². The van der Waals surface area contributed by atoms with Crippen LogP contribution < -0.4 is 0 Å². The predicted octanol–water partition coefficient (Wildman–Crippen LogP) is 13.3. The molecule has 3 heterocycles. The molecule has 0 amide bonds. The highest BCUT2D eigenvalue weighted by atomic mass is 15.0. The highest BCUT2D eigenvalue weighted by Crippen LogP contribution is 2.58. The normalized spacial score (nSPS) is 13.1.